The lowest BCUT2D eigenvalue weighted by molar-refractivity contribution is 0.591. The Hall–Kier alpha value is -0.320. The topological polar surface area (TPSA) is 0 Å². The first-order chi connectivity index (χ1) is 15.1. The highest BCUT2D eigenvalue weighted by atomic mass is 33.5. The largest absolute Gasteiger partial charge is 0.0677 e. The van der Waals surface area contributed by atoms with E-state index in [4.69, 9.17) is 0 Å². The van der Waals surface area contributed by atoms with Gasteiger partial charge in [0.25, 0.3) is 0 Å². The maximum Gasteiger partial charge on any atom is 0.0651 e. The highest BCUT2D eigenvalue weighted by Gasteiger charge is 2.25. The molecule has 8 heteroatoms. The van der Waals surface area contributed by atoms with Crippen LogP contribution >= 0.6 is 78.7 Å². The van der Waals surface area contributed by atoms with Gasteiger partial charge in [0.1, 0.15) is 0 Å². The van der Waals surface area contributed by atoms with E-state index in [1.165, 1.54) is 62.2 Å². The molecular weight excluding hydrogens is 545 g/mol. The molecule has 0 unspecified atom stereocenters. The minimum Gasteiger partial charge on any atom is -0.0677 e. The maximum atomic E-state index is 2.50. The van der Waals surface area contributed by atoms with Gasteiger partial charge in [0.05, 0.1) is 18.8 Å². The molecule has 0 saturated carbocycles. The average molecular weight is 567 g/mol. The molecule has 0 amide bonds. The molecule has 0 saturated heterocycles. The second-order valence-electron chi connectivity index (χ2n) is 10.3. The molecule has 6 rings (SSSR count). The van der Waals surface area contributed by atoms with E-state index in [2.05, 4.69) is 65.8 Å². The first-order valence-electron chi connectivity index (χ1n) is 10.4. The summed E-state index contributed by atoms with van der Waals surface area (Å²) in [5.74, 6) is 0. The Morgan fingerprint density at radius 1 is 0.438 bits per heavy atom. The summed E-state index contributed by atoms with van der Waals surface area (Å²) < 4.78 is 5.85. The van der Waals surface area contributed by atoms with Crippen LogP contribution < -0.4 is 0 Å². The predicted molar refractivity (Wildman–Crippen MR) is 161 cm³/mol. The first-order valence-corrected chi connectivity index (χ1v) is 20.0. The maximum absolute atomic E-state index is 2.50. The van der Waals surface area contributed by atoms with E-state index < -0.39 is 0 Å². The molecule has 0 spiro atoms. The van der Waals surface area contributed by atoms with Crippen LogP contribution in [-0.2, 0) is 10.8 Å². The van der Waals surface area contributed by atoms with Crippen molar-refractivity contribution in [3.63, 3.8) is 0 Å². The van der Waals surface area contributed by atoms with Crippen molar-refractivity contribution in [1.82, 2.24) is 0 Å². The zero-order chi connectivity index (χ0) is 22.4. The minimum absolute atomic E-state index is 0.117. The molecule has 2 aromatic heterocycles. The van der Waals surface area contributed by atoms with Crippen molar-refractivity contribution in [2.75, 3.05) is 0 Å². The number of hydrogen-bond acceptors (Lipinski definition) is 8. The van der Waals surface area contributed by atoms with Crippen LogP contribution in [-0.4, -0.2) is 0 Å². The molecular formula is C24H22S8. The second kappa shape index (κ2) is 7.59. The van der Waals surface area contributed by atoms with Gasteiger partial charge in [0.15, 0.2) is 0 Å². The van der Waals surface area contributed by atoms with E-state index in [0.29, 0.717) is 0 Å². The number of benzene rings is 4. The summed E-state index contributed by atoms with van der Waals surface area (Å²) in [5, 5.41) is 8.75. The van der Waals surface area contributed by atoms with E-state index in [1.54, 1.807) is 0 Å². The lowest BCUT2D eigenvalue weighted by atomic mass is 9.81. The van der Waals surface area contributed by atoms with Crippen LogP contribution in [0.1, 0.15) is 52.7 Å². The van der Waals surface area contributed by atoms with Crippen LogP contribution in [0.2, 0.25) is 0 Å². The molecule has 2 heterocycles. The Morgan fingerprint density at radius 3 is 1.06 bits per heavy atom. The standard InChI is InChI=1S/C24H22S8/c1-23(2,3)11-7-13-17-15(9-11)21-22(28-31-32-30-27-21)16-10-12(24(4,5)6)8-14(18(16)17)20-19(13)25-29-26-20/h7-10H,1-6H3. The van der Waals surface area contributed by atoms with Gasteiger partial charge in [-0.2, -0.15) is 0 Å². The van der Waals surface area contributed by atoms with Crippen molar-refractivity contribution >= 4 is 130 Å². The van der Waals surface area contributed by atoms with Crippen molar-refractivity contribution in [3.05, 3.63) is 35.4 Å². The van der Waals surface area contributed by atoms with Crippen molar-refractivity contribution in [2.24, 2.45) is 0 Å². The Balaban J connectivity index is 2.03. The third kappa shape index (κ3) is 3.33. The van der Waals surface area contributed by atoms with E-state index in [9.17, 15) is 0 Å². The van der Waals surface area contributed by atoms with Crippen LogP contribution in [0, 0.1) is 0 Å². The van der Waals surface area contributed by atoms with Gasteiger partial charge in [0.2, 0.25) is 0 Å². The molecule has 0 N–H and O–H groups in total. The molecule has 0 bridgehead atoms. The van der Waals surface area contributed by atoms with Gasteiger partial charge in [-0.25, -0.2) is 0 Å². The molecule has 4 aromatic carbocycles. The Bertz CT molecular complexity index is 1570. The average Bonchev–Trinajstić information content (AvgIpc) is 3.09. The lowest BCUT2D eigenvalue weighted by Crippen LogP contribution is -2.11. The van der Waals surface area contributed by atoms with Crippen LogP contribution in [0.5, 0.6) is 0 Å². The fourth-order valence-electron chi connectivity index (χ4n) is 4.42. The van der Waals surface area contributed by atoms with Crippen molar-refractivity contribution in [1.29, 1.82) is 0 Å². The smallest absolute Gasteiger partial charge is 0.0651 e. The normalized spacial score (nSPS) is 13.3. The molecule has 0 atom stereocenters. The quantitative estimate of drug-likeness (QED) is 0.127. The molecule has 166 valence electrons. The number of fused-ring (bicyclic) bond motifs is 6. The van der Waals surface area contributed by atoms with Crippen LogP contribution in [0.15, 0.2) is 24.3 Å². The van der Waals surface area contributed by atoms with Crippen LogP contribution in [0.3, 0.4) is 0 Å². The van der Waals surface area contributed by atoms with Gasteiger partial charge in [-0.1, -0.05) is 82.9 Å². The molecule has 0 radical (unpaired) electrons. The third-order valence-corrected chi connectivity index (χ3v) is 18.8. The van der Waals surface area contributed by atoms with Crippen molar-refractivity contribution < 1.29 is 0 Å². The zero-order valence-corrected chi connectivity index (χ0v) is 25.1. The SMILES string of the molecule is CC(C)(C)c1cc2c3sssssc3c3cc(C(C)(C)C)cc4c5sssc5c(c1)c2c34. The summed E-state index contributed by atoms with van der Waals surface area (Å²) in [4.78, 5) is 0. The monoisotopic (exact) mass is 566 g/mol. The fourth-order valence-corrected chi connectivity index (χ4v) is 18.3. The Kier molecular flexibility index (Phi) is 5.26. The number of rotatable bonds is 0. The van der Waals surface area contributed by atoms with Gasteiger partial charge in [-0.05, 0) is 83.6 Å². The van der Waals surface area contributed by atoms with Gasteiger partial charge in [-0.15, -0.1) is 0 Å². The molecule has 0 fully saturated rings. The highest BCUT2D eigenvalue weighted by Crippen LogP contribution is 2.52. The van der Waals surface area contributed by atoms with Crippen molar-refractivity contribution in [2.45, 2.75) is 52.4 Å². The van der Waals surface area contributed by atoms with Gasteiger partial charge in [0, 0.05) is 32.3 Å². The van der Waals surface area contributed by atoms with Crippen LogP contribution in [0.4, 0.5) is 0 Å². The highest BCUT2D eigenvalue weighted by molar-refractivity contribution is 8.15. The molecule has 32 heavy (non-hydrogen) atoms. The Morgan fingerprint density at radius 2 is 0.750 bits per heavy atom. The van der Waals surface area contributed by atoms with Gasteiger partial charge >= 0.3 is 0 Å². The fraction of sp³-hybridized carbons (Fsp3) is 0.333. The summed E-state index contributed by atoms with van der Waals surface area (Å²) >= 11 is 0. The molecule has 0 aliphatic rings. The van der Waals surface area contributed by atoms with E-state index in [0.717, 1.165) is 0 Å². The molecule has 0 aliphatic heterocycles. The minimum atomic E-state index is 0.117. The summed E-state index contributed by atoms with van der Waals surface area (Å²) in [7, 11) is 15.4. The zero-order valence-electron chi connectivity index (χ0n) is 18.6. The Labute approximate surface area is 215 Å². The molecule has 0 aliphatic carbocycles. The number of hydrogen-bond donors (Lipinski definition) is 0. The third-order valence-electron chi connectivity index (χ3n) is 6.17. The molecule has 6 aromatic rings. The summed E-state index contributed by atoms with van der Waals surface area (Å²) in [6.45, 7) is 14.0. The van der Waals surface area contributed by atoms with E-state index in [-0.39, 0.29) is 10.8 Å². The van der Waals surface area contributed by atoms with E-state index in [1.807, 2.05) is 78.7 Å². The molecule has 0 nitrogen and oxygen atoms in total. The lowest BCUT2D eigenvalue weighted by Gasteiger charge is -2.24. The first kappa shape index (κ1) is 22.2. The summed E-state index contributed by atoms with van der Waals surface area (Å²) in [6.07, 6.45) is 0. The second-order valence-corrected chi connectivity index (χ2v) is 21.7. The van der Waals surface area contributed by atoms with Crippen LogP contribution in [0.25, 0.3) is 51.1 Å². The van der Waals surface area contributed by atoms with Crippen molar-refractivity contribution in [3.8, 4) is 0 Å². The van der Waals surface area contributed by atoms with E-state index >= 15 is 0 Å². The van der Waals surface area contributed by atoms with Gasteiger partial charge < -0.3 is 0 Å². The summed E-state index contributed by atoms with van der Waals surface area (Å²) in [5.41, 5.74) is 3.11. The summed E-state index contributed by atoms with van der Waals surface area (Å²) in [6, 6.07) is 9.99. The predicted octanol–water partition coefficient (Wildman–Crippen LogP) is 12.2. The van der Waals surface area contributed by atoms with Gasteiger partial charge in [-0.3, -0.25) is 0 Å².